The molecule has 0 atom stereocenters. The van der Waals surface area contributed by atoms with Crippen molar-refractivity contribution in [3.63, 3.8) is 0 Å². The topological polar surface area (TPSA) is 51.8 Å². The van der Waals surface area contributed by atoms with Crippen LogP contribution >= 0.6 is 0 Å². The van der Waals surface area contributed by atoms with Crippen LogP contribution in [0, 0.1) is 13.8 Å². The van der Waals surface area contributed by atoms with Crippen molar-refractivity contribution in [2.45, 2.75) is 33.6 Å². The lowest BCUT2D eigenvalue weighted by atomic mass is 10.2. The maximum atomic E-state index is 5.81. The number of nitrogens with two attached hydrogens (primary N) is 1. The van der Waals surface area contributed by atoms with Crippen LogP contribution in [-0.4, -0.2) is 9.97 Å². The average molecular weight is 165 g/mol. The van der Waals surface area contributed by atoms with Gasteiger partial charge in [-0.3, -0.25) is 0 Å². The summed E-state index contributed by atoms with van der Waals surface area (Å²) in [5, 5.41) is 0. The number of hydrogen-bond donors (Lipinski definition) is 1. The fraction of sp³-hybridized carbons (Fsp3) is 0.556. The summed E-state index contributed by atoms with van der Waals surface area (Å²) < 4.78 is 0. The molecule has 0 fully saturated rings. The summed E-state index contributed by atoms with van der Waals surface area (Å²) in [6.45, 7) is 5.93. The Balaban J connectivity index is 3.09. The third-order valence-electron chi connectivity index (χ3n) is 1.81. The molecule has 0 aliphatic heterocycles. The van der Waals surface area contributed by atoms with E-state index in [9.17, 15) is 0 Å². The van der Waals surface area contributed by atoms with Gasteiger partial charge >= 0.3 is 0 Å². The van der Waals surface area contributed by atoms with Crippen LogP contribution in [-0.2, 0) is 6.42 Å². The summed E-state index contributed by atoms with van der Waals surface area (Å²) in [6.07, 6.45) is 2.01. The number of nitrogen functional groups attached to an aromatic ring is 1. The van der Waals surface area contributed by atoms with Crippen LogP contribution in [0.1, 0.15) is 30.6 Å². The van der Waals surface area contributed by atoms with Gasteiger partial charge in [0.05, 0.1) is 17.1 Å². The molecule has 0 amide bonds. The molecule has 3 heteroatoms. The summed E-state index contributed by atoms with van der Waals surface area (Å²) in [5.41, 5.74) is 8.45. The molecule has 0 spiro atoms. The zero-order chi connectivity index (χ0) is 9.14. The highest BCUT2D eigenvalue weighted by Gasteiger charge is 2.04. The predicted octanol–water partition coefficient (Wildman–Crippen LogP) is 1.63. The van der Waals surface area contributed by atoms with E-state index in [0.717, 1.165) is 35.7 Å². The largest absolute Gasteiger partial charge is 0.396 e. The average Bonchev–Trinajstić information content (AvgIpc) is 2.00. The first-order chi connectivity index (χ1) is 5.65. The van der Waals surface area contributed by atoms with Crippen LogP contribution in [0.4, 0.5) is 5.69 Å². The van der Waals surface area contributed by atoms with Gasteiger partial charge in [0.1, 0.15) is 5.82 Å². The second-order valence-corrected chi connectivity index (χ2v) is 2.97. The minimum absolute atomic E-state index is 0.752. The Morgan fingerprint density at radius 2 is 1.92 bits per heavy atom. The maximum absolute atomic E-state index is 5.81. The second-order valence-electron chi connectivity index (χ2n) is 2.97. The molecule has 1 heterocycles. The minimum atomic E-state index is 0.752. The van der Waals surface area contributed by atoms with Crippen molar-refractivity contribution in [2.75, 3.05) is 5.73 Å². The molecule has 0 bridgehead atoms. The highest BCUT2D eigenvalue weighted by molar-refractivity contribution is 5.46. The van der Waals surface area contributed by atoms with Gasteiger partial charge in [0.25, 0.3) is 0 Å². The van der Waals surface area contributed by atoms with Crippen LogP contribution < -0.4 is 5.73 Å². The van der Waals surface area contributed by atoms with Crippen LogP contribution in [0.2, 0.25) is 0 Å². The predicted molar refractivity (Wildman–Crippen MR) is 49.9 cm³/mol. The van der Waals surface area contributed by atoms with Gasteiger partial charge in [0.2, 0.25) is 0 Å². The van der Waals surface area contributed by atoms with E-state index in [4.69, 9.17) is 5.73 Å². The van der Waals surface area contributed by atoms with Gasteiger partial charge < -0.3 is 5.73 Å². The molecule has 0 unspecified atom stereocenters. The van der Waals surface area contributed by atoms with Gasteiger partial charge in [-0.1, -0.05) is 13.3 Å². The van der Waals surface area contributed by atoms with Gasteiger partial charge in [0.15, 0.2) is 0 Å². The van der Waals surface area contributed by atoms with Crippen molar-refractivity contribution in [1.82, 2.24) is 9.97 Å². The summed E-state index contributed by atoms with van der Waals surface area (Å²) in [6, 6.07) is 0. The zero-order valence-corrected chi connectivity index (χ0v) is 7.89. The summed E-state index contributed by atoms with van der Waals surface area (Å²) in [7, 11) is 0. The molecule has 0 aliphatic carbocycles. The van der Waals surface area contributed by atoms with Crippen molar-refractivity contribution in [3.8, 4) is 0 Å². The maximum Gasteiger partial charge on any atom is 0.125 e. The molecule has 0 aromatic carbocycles. The van der Waals surface area contributed by atoms with E-state index in [1.165, 1.54) is 0 Å². The van der Waals surface area contributed by atoms with Gasteiger partial charge in [-0.25, -0.2) is 9.97 Å². The Bertz CT molecular complexity index is 281. The lowest BCUT2D eigenvalue weighted by Gasteiger charge is -2.06. The molecular formula is C9H15N3. The molecule has 3 nitrogen and oxygen atoms in total. The molecule has 1 aromatic heterocycles. The SMILES string of the molecule is CCCc1nc(C)nc(C)c1N. The van der Waals surface area contributed by atoms with E-state index in [1.54, 1.807) is 0 Å². The molecule has 0 saturated carbocycles. The fourth-order valence-corrected chi connectivity index (χ4v) is 1.22. The van der Waals surface area contributed by atoms with Crippen LogP contribution in [0.15, 0.2) is 0 Å². The Hall–Kier alpha value is -1.12. The zero-order valence-electron chi connectivity index (χ0n) is 7.89. The number of aromatic nitrogens is 2. The Labute approximate surface area is 73.0 Å². The first-order valence-corrected chi connectivity index (χ1v) is 4.24. The highest BCUT2D eigenvalue weighted by Crippen LogP contribution is 2.14. The van der Waals surface area contributed by atoms with E-state index in [2.05, 4.69) is 16.9 Å². The molecule has 0 aliphatic rings. The summed E-state index contributed by atoms with van der Waals surface area (Å²) in [5.74, 6) is 0.810. The molecule has 12 heavy (non-hydrogen) atoms. The van der Waals surface area contributed by atoms with Gasteiger partial charge in [-0.2, -0.15) is 0 Å². The lowest BCUT2D eigenvalue weighted by Crippen LogP contribution is -2.04. The number of nitrogens with zero attached hydrogens (tertiary/aromatic N) is 2. The first-order valence-electron chi connectivity index (χ1n) is 4.24. The monoisotopic (exact) mass is 165 g/mol. The van der Waals surface area contributed by atoms with Crippen LogP contribution in [0.25, 0.3) is 0 Å². The normalized spacial score (nSPS) is 10.2. The van der Waals surface area contributed by atoms with Crippen molar-refractivity contribution in [1.29, 1.82) is 0 Å². The van der Waals surface area contributed by atoms with E-state index in [1.807, 2.05) is 13.8 Å². The number of hydrogen-bond acceptors (Lipinski definition) is 3. The molecule has 1 aromatic rings. The number of anilines is 1. The van der Waals surface area contributed by atoms with Crippen molar-refractivity contribution in [3.05, 3.63) is 17.2 Å². The smallest absolute Gasteiger partial charge is 0.125 e. The van der Waals surface area contributed by atoms with E-state index in [0.29, 0.717) is 0 Å². The van der Waals surface area contributed by atoms with Crippen LogP contribution in [0.3, 0.4) is 0 Å². The Kier molecular flexibility index (Phi) is 2.63. The molecule has 66 valence electrons. The van der Waals surface area contributed by atoms with Gasteiger partial charge in [-0.15, -0.1) is 0 Å². The third kappa shape index (κ3) is 1.72. The second kappa shape index (κ2) is 3.52. The first kappa shape index (κ1) is 8.97. The fourth-order valence-electron chi connectivity index (χ4n) is 1.22. The van der Waals surface area contributed by atoms with Crippen molar-refractivity contribution < 1.29 is 0 Å². The highest BCUT2D eigenvalue weighted by atomic mass is 14.9. The summed E-state index contributed by atoms with van der Waals surface area (Å²) in [4.78, 5) is 8.47. The number of aryl methyl sites for hydroxylation is 3. The molecule has 0 saturated heterocycles. The quantitative estimate of drug-likeness (QED) is 0.724. The lowest BCUT2D eigenvalue weighted by molar-refractivity contribution is 0.853. The minimum Gasteiger partial charge on any atom is -0.396 e. The molecule has 1 rings (SSSR count). The van der Waals surface area contributed by atoms with E-state index < -0.39 is 0 Å². The van der Waals surface area contributed by atoms with Gasteiger partial charge in [0, 0.05) is 0 Å². The standard InChI is InChI=1S/C9H15N3/c1-4-5-8-9(10)6(2)11-7(3)12-8/h4-5,10H2,1-3H3. The number of rotatable bonds is 2. The van der Waals surface area contributed by atoms with E-state index in [-0.39, 0.29) is 0 Å². The Morgan fingerprint density at radius 1 is 1.25 bits per heavy atom. The molecular weight excluding hydrogens is 150 g/mol. The van der Waals surface area contributed by atoms with Gasteiger partial charge in [-0.05, 0) is 20.3 Å². The van der Waals surface area contributed by atoms with Crippen molar-refractivity contribution >= 4 is 5.69 Å². The van der Waals surface area contributed by atoms with Crippen LogP contribution in [0.5, 0.6) is 0 Å². The summed E-state index contributed by atoms with van der Waals surface area (Å²) >= 11 is 0. The molecule has 2 N–H and O–H groups in total. The van der Waals surface area contributed by atoms with E-state index >= 15 is 0 Å². The third-order valence-corrected chi connectivity index (χ3v) is 1.81. The Morgan fingerprint density at radius 3 is 2.50 bits per heavy atom. The molecule has 0 radical (unpaired) electrons. The van der Waals surface area contributed by atoms with Crippen molar-refractivity contribution in [2.24, 2.45) is 0 Å².